The molecule has 1 saturated carbocycles. The summed E-state index contributed by atoms with van der Waals surface area (Å²) in [4.78, 5) is 11.7. The van der Waals surface area contributed by atoms with Gasteiger partial charge < -0.3 is 15.7 Å². The molecule has 4 heteroatoms. The molecule has 1 aliphatic carbocycles. The van der Waals surface area contributed by atoms with Crippen LogP contribution < -0.4 is 10.6 Å². The summed E-state index contributed by atoms with van der Waals surface area (Å²) >= 11 is 0. The fourth-order valence-electron chi connectivity index (χ4n) is 3.69. The molecule has 0 aromatic heterocycles. The molecular weight excluding hydrogens is 240 g/mol. The monoisotopic (exact) mass is 270 g/mol. The highest BCUT2D eigenvalue weighted by atomic mass is 16.3. The Kier molecular flexibility index (Phi) is 5.39. The number of aliphatic hydroxyl groups is 1. The van der Waals surface area contributed by atoms with E-state index in [0.29, 0.717) is 5.92 Å². The van der Waals surface area contributed by atoms with Crippen molar-refractivity contribution in [3.63, 3.8) is 0 Å². The highest BCUT2D eigenvalue weighted by Crippen LogP contribution is 2.43. The van der Waals surface area contributed by atoms with Gasteiger partial charge in [-0.3, -0.25) is 4.79 Å². The van der Waals surface area contributed by atoms with Crippen LogP contribution >= 0.6 is 0 Å². The van der Waals surface area contributed by atoms with E-state index in [9.17, 15) is 9.90 Å². The van der Waals surface area contributed by atoms with Crippen molar-refractivity contribution in [3.8, 4) is 0 Å². The maximum absolute atomic E-state index is 11.7. The average Bonchev–Trinajstić information content (AvgIpc) is 2.23. The number of amides is 1. The molecule has 0 radical (unpaired) electrons. The molecule has 0 aliphatic heterocycles. The summed E-state index contributed by atoms with van der Waals surface area (Å²) in [5, 5.41) is 16.0. The Labute approximate surface area is 117 Å². The van der Waals surface area contributed by atoms with Gasteiger partial charge in [-0.25, -0.2) is 0 Å². The third-order valence-corrected chi connectivity index (χ3v) is 3.83. The minimum atomic E-state index is -0.310. The Morgan fingerprint density at radius 2 is 2.00 bits per heavy atom. The van der Waals surface area contributed by atoms with Crippen molar-refractivity contribution < 1.29 is 9.90 Å². The molecular formula is C15H30N2O2. The first-order valence-corrected chi connectivity index (χ1v) is 7.33. The molecule has 0 spiro atoms. The number of aliphatic hydroxyl groups excluding tert-OH is 1. The number of hydrogen-bond acceptors (Lipinski definition) is 3. The Balaban J connectivity index is 2.62. The maximum Gasteiger partial charge on any atom is 0.234 e. The summed E-state index contributed by atoms with van der Waals surface area (Å²) < 4.78 is 0. The third-order valence-electron chi connectivity index (χ3n) is 3.83. The van der Waals surface area contributed by atoms with Crippen molar-refractivity contribution in [1.29, 1.82) is 0 Å². The number of hydrogen-bond donors (Lipinski definition) is 3. The summed E-state index contributed by atoms with van der Waals surface area (Å²) in [6, 6.07) is 0.154. The molecule has 0 aromatic carbocycles. The summed E-state index contributed by atoms with van der Waals surface area (Å²) in [5.41, 5.74) is -0.0998. The predicted octanol–water partition coefficient (Wildman–Crippen LogP) is 1.68. The van der Waals surface area contributed by atoms with Crippen molar-refractivity contribution in [3.05, 3.63) is 0 Å². The van der Waals surface area contributed by atoms with Gasteiger partial charge in [0.25, 0.3) is 0 Å². The number of rotatable bonds is 5. The molecule has 0 heterocycles. The normalized spacial score (nSPS) is 30.4. The van der Waals surface area contributed by atoms with Gasteiger partial charge in [0.15, 0.2) is 0 Å². The van der Waals surface area contributed by atoms with E-state index in [0.717, 1.165) is 12.8 Å². The Bertz CT molecular complexity index is 315. The zero-order chi connectivity index (χ0) is 14.7. The molecule has 0 aromatic rings. The first-order chi connectivity index (χ1) is 8.68. The molecule has 19 heavy (non-hydrogen) atoms. The van der Waals surface area contributed by atoms with Crippen LogP contribution in [0.15, 0.2) is 0 Å². The van der Waals surface area contributed by atoms with E-state index in [1.165, 1.54) is 6.42 Å². The second-order valence-electron chi connectivity index (χ2n) is 7.37. The van der Waals surface area contributed by atoms with Gasteiger partial charge in [0.05, 0.1) is 13.2 Å². The van der Waals surface area contributed by atoms with Crippen LogP contribution in [-0.4, -0.2) is 35.7 Å². The van der Waals surface area contributed by atoms with E-state index >= 15 is 0 Å². The van der Waals surface area contributed by atoms with Gasteiger partial charge in [-0.15, -0.1) is 0 Å². The minimum absolute atomic E-state index is 0.00106. The van der Waals surface area contributed by atoms with E-state index in [1.54, 1.807) is 0 Å². The van der Waals surface area contributed by atoms with Crippen LogP contribution in [0.2, 0.25) is 0 Å². The second kappa shape index (κ2) is 6.23. The summed E-state index contributed by atoms with van der Waals surface area (Å²) in [6.07, 6.45) is 3.02. The zero-order valence-electron chi connectivity index (χ0n) is 13.0. The number of nitrogens with one attached hydrogen (secondary N) is 2. The molecule has 3 N–H and O–H groups in total. The maximum atomic E-state index is 11.7. The molecule has 0 unspecified atom stereocenters. The van der Waals surface area contributed by atoms with Gasteiger partial charge in [-0.05, 0) is 44.4 Å². The topological polar surface area (TPSA) is 61.4 Å². The van der Waals surface area contributed by atoms with Crippen LogP contribution in [0.4, 0.5) is 0 Å². The highest BCUT2D eigenvalue weighted by molar-refractivity contribution is 5.78. The van der Waals surface area contributed by atoms with Gasteiger partial charge in [-0.1, -0.05) is 20.8 Å². The predicted molar refractivity (Wildman–Crippen MR) is 77.9 cm³/mol. The first kappa shape index (κ1) is 16.4. The molecule has 112 valence electrons. The molecule has 1 rings (SSSR count). The van der Waals surface area contributed by atoms with E-state index in [-0.39, 0.29) is 36.1 Å². The van der Waals surface area contributed by atoms with Crippen molar-refractivity contribution in [2.75, 3.05) is 13.2 Å². The van der Waals surface area contributed by atoms with Gasteiger partial charge in [0.1, 0.15) is 0 Å². The second-order valence-corrected chi connectivity index (χ2v) is 7.37. The smallest absolute Gasteiger partial charge is 0.234 e. The van der Waals surface area contributed by atoms with Crippen molar-refractivity contribution in [2.45, 2.75) is 65.5 Å². The highest BCUT2D eigenvalue weighted by Gasteiger charge is 2.42. The fraction of sp³-hybridized carbons (Fsp3) is 0.933. The molecule has 1 fully saturated rings. The van der Waals surface area contributed by atoms with Crippen LogP contribution in [0.25, 0.3) is 0 Å². The van der Waals surface area contributed by atoms with Gasteiger partial charge >= 0.3 is 0 Å². The fourth-order valence-corrected chi connectivity index (χ4v) is 3.69. The van der Waals surface area contributed by atoms with Crippen LogP contribution in [0.5, 0.6) is 0 Å². The molecule has 2 atom stereocenters. The van der Waals surface area contributed by atoms with Crippen LogP contribution in [-0.2, 0) is 4.79 Å². The Morgan fingerprint density at radius 3 is 2.47 bits per heavy atom. The lowest BCUT2D eigenvalue weighted by Gasteiger charge is -2.47. The Morgan fingerprint density at radius 1 is 1.37 bits per heavy atom. The van der Waals surface area contributed by atoms with Crippen molar-refractivity contribution in [2.24, 2.45) is 11.3 Å². The lowest BCUT2D eigenvalue weighted by atomic mass is 9.64. The molecule has 1 aliphatic rings. The first-order valence-electron chi connectivity index (χ1n) is 7.33. The Hall–Kier alpha value is -0.610. The van der Waals surface area contributed by atoms with Crippen molar-refractivity contribution >= 4 is 5.91 Å². The quantitative estimate of drug-likeness (QED) is 0.712. The van der Waals surface area contributed by atoms with E-state index < -0.39 is 0 Å². The van der Waals surface area contributed by atoms with E-state index in [2.05, 4.69) is 31.4 Å². The van der Waals surface area contributed by atoms with Gasteiger partial charge in [-0.2, -0.15) is 0 Å². The zero-order valence-corrected chi connectivity index (χ0v) is 13.0. The largest absolute Gasteiger partial charge is 0.394 e. The summed E-state index contributed by atoms with van der Waals surface area (Å²) in [6.45, 7) is 11.0. The van der Waals surface area contributed by atoms with Crippen molar-refractivity contribution in [1.82, 2.24) is 10.6 Å². The van der Waals surface area contributed by atoms with Crippen LogP contribution in [0.3, 0.4) is 0 Å². The molecule has 0 saturated heterocycles. The summed E-state index contributed by atoms with van der Waals surface area (Å²) in [5.74, 6) is 0.565. The number of carbonyl (C=O) groups is 1. The summed E-state index contributed by atoms with van der Waals surface area (Å²) in [7, 11) is 0. The van der Waals surface area contributed by atoms with E-state index in [1.807, 2.05) is 13.8 Å². The van der Waals surface area contributed by atoms with Crippen LogP contribution in [0.1, 0.15) is 53.9 Å². The van der Waals surface area contributed by atoms with Crippen LogP contribution in [0, 0.1) is 11.3 Å². The minimum Gasteiger partial charge on any atom is -0.394 e. The molecule has 0 bridgehead atoms. The van der Waals surface area contributed by atoms with E-state index in [4.69, 9.17) is 0 Å². The van der Waals surface area contributed by atoms with Gasteiger partial charge in [0.2, 0.25) is 5.91 Å². The average molecular weight is 270 g/mol. The number of carbonyl (C=O) groups excluding carboxylic acids is 1. The third kappa shape index (κ3) is 5.11. The standard InChI is InChI=1S/C15H30N2O2/c1-11(2)17-13(19)8-16-15(10-18)7-12(3)6-14(4,5)9-15/h11-12,16,18H,6-10H2,1-5H3,(H,17,19)/t12-,15+/m1/s1. The lowest BCUT2D eigenvalue weighted by molar-refractivity contribution is -0.121. The lowest BCUT2D eigenvalue weighted by Crippen LogP contribution is -2.57. The van der Waals surface area contributed by atoms with Gasteiger partial charge in [0, 0.05) is 11.6 Å². The SMILES string of the molecule is CC(C)NC(=O)CN[C@@]1(CO)C[C@H](C)CC(C)(C)C1. The molecule has 1 amide bonds. The molecule has 4 nitrogen and oxygen atoms in total.